The number of hydrogen-bond acceptors (Lipinski definition) is 3. The number of piperidine rings is 1. The van der Waals surface area contributed by atoms with E-state index < -0.39 is 23.5 Å². The molecule has 114 valence electrons. The molecule has 0 bridgehead atoms. The number of nitrogens with zero attached hydrogens (tertiary/aromatic N) is 1. The average molecular weight is 313 g/mol. The van der Waals surface area contributed by atoms with E-state index in [0.29, 0.717) is 12.8 Å². The number of halogens is 2. The van der Waals surface area contributed by atoms with Gasteiger partial charge in [-0.2, -0.15) is 0 Å². The van der Waals surface area contributed by atoms with Crippen LogP contribution in [0.5, 0.6) is 0 Å². The molecule has 4 nitrogen and oxygen atoms in total. The summed E-state index contributed by atoms with van der Waals surface area (Å²) < 4.78 is 28.5. The molecule has 7 heteroatoms. The number of amides is 1. The van der Waals surface area contributed by atoms with Gasteiger partial charge in [0.15, 0.2) is 0 Å². The van der Waals surface area contributed by atoms with Crippen molar-refractivity contribution in [2.75, 3.05) is 11.4 Å². The van der Waals surface area contributed by atoms with Crippen molar-refractivity contribution in [3.63, 3.8) is 0 Å². The lowest BCUT2D eigenvalue weighted by atomic mass is 9.92. The van der Waals surface area contributed by atoms with Crippen molar-refractivity contribution in [2.45, 2.75) is 25.8 Å². The van der Waals surface area contributed by atoms with Crippen LogP contribution < -0.4 is 16.4 Å². The second-order valence-electron chi connectivity index (χ2n) is 5.33. The van der Waals surface area contributed by atoms with Gasteiger partial charge in [0.2, 0.25) is 5.91 Å². The molecule has 1 aromatic carbocycles. The Morgan fingerprint density at radius 1 is 1.29 bits per heavy atom. The van der Waals surface area contributed by atoms with Crippen LogP contribution in [-0.2, 0) is 4.79 Å². The van der Waals surface area contributed by atoms with Gasteiger partial charge in [-0.25, -0.2) is 8.78 Å². The van der Waals surface area contributed by atoms with Crippen LogP contribution in [-0.4, -0.2) is 23.5 Å². The molecule has 1 saturated heterocycles. The third-order valence-electron chi connectivity index (χ3n) is 3.87. The summed E-state index contributed by atoms with van der Waals surface area (Å²) in [5, 5.41) is 0. The van der Waals surface area contributed by atoms with Crippen LogP contribution in [0.3, 0.4) is 0 Å². The second-order valence-corrected chi connectivity index (χ2v) is 5.77. The van der Waals surface area contributed by atoms with Gasteiger partial charge in [0.1, 0.15) is 22.3 Å². The number of benzene rings is 1. The maximum Gasteiger partial charge on any atom is 0.222 e. The molecule has 0 aliphatic carbocycles. The molecular formula is C14H17F2N3OS. The number of hydrogen-bond donors (Lipinski definition) is 2. The minimum Gasteiger partial charge on any atom is -0.389 e. The summed E-state index contributed by atoms with van der Waals surface area (Å²) in [5.41, 5.74) is 10.7. The van der Waals surface area contributed by atoms with Crippen molar-refractivity contribution in [1.82, 2.24) is 0 Å². The zero-order valence-electron chi connectivity index (χ0n) is 11.6. The molecule has 0 spiro atoms. The SMILES string of the molecule is CC1CCC(C(N)=O)CN1c1c(F)cc(C(N)=S)cc1F. The highest BCUT2D eigenvalue weighted by Gasteiger charge is 2.32. The van der Waals surface area contributed by atoms with E-state index in [2.05, 4.69) is 0 Å². The van der Waals surface area contributed by atoms with Crippen molar-refractivity contribution in [2.24, 2.45) is 17.4 Å². The van der Waals surface area contributed by atoms with E-state index in [-0.39, 0.29) is 28.8 Å². The predicted octanol–water partition coefficient (Wildman–Crippen LogP) is 1.69. The van der Waals surface area contributed by atoms with E-state index in [1.54, 1.807) is 4.90 Å². The number of carbonyl (C=O) groups excluding carboxylic acids is 1. The first-order valence-corrected chi connectivity index (χ1v) is 7.07. The number of thiocarbonyl (C=S) groups is 1. The Labute approximate surface area is 127 Å². The maximum absolute atomic E-state index is 14.2. The standard InChI is InChI=1S/C14H17F2N3OS/c1-7-2-3-8(13(17)20)6-19(7)12-10(15)4-9(14(18)21)5-11(12)16/h4-5,7-8H,2-3,6H2,1H3,(H2,17,20)(H2,18,21). The molecular weight excluding hydrogens is 296 g/mol. The monoisotopic (exact) mass is 313 g/mol. The van der Waals surface area contributed by atoms with Gasteiger partial charge in [-0.15, -0.1) is 0 Å². The van der Waals surface area contributed by atoms with Crippen LogP contribution in [0.25, 0.3) is 0 Å². The molecule has 2 rings (SSSR count). The number of anilines is 1. The molecule has 1 aromatic rings. The molecule has 21 heavy (non-hydrogen) atoms. The number of nitrogens with two attached hydrogens (primary N) is 2. The summed E-state index contributed by atoms with van der Waals surface area (Å²) in [5.74, 6) is -2.34. The summed E-state index contributed by atoms with van der Waals surface area (Å²) in [4.78, 5) is 12.8. The molecule has 1 amide bonds. The van der Waals surface area contributed by atoms with Gasteiger partial charge in [-0.05, 0) is 31.9 Å². The normalized spacial score (nSPS) is 22.1. The highest BCUT2D eigenvalue weighted by molar-refractivity contribution is 7.80. The second kappa shape index (κ2) is 5.93. The van der Waals surface area contributed by atoms with Gasteiger partial charge < -0.3 is 16.4 Å². The van der Waals surface area contributed by atoms with E-state index >= 15 is 0 Å². The van der Waals surface area contributed by atoms with Gasteiger partial charge in [-0.1, -0.05) is 12.2 Å². The first-order chi connectivity index (χ1) is 9.81. The fourth-order valence-electron chi connectivity index (χ4n) is 2.63. The molecule has 1 fully saturated rings. The predicted molar refractivity (Wildman–Crippen MR) is 81.0 cm³/mol. The summed E-state index contributed by atoms with van der Waals surface area (Å²) in [7, 11) is 0. The Balaban J connectivity index is 2.40. The molecule has 1 heterocycles. The molecule has 1 aliphatic heterocycles. The third-order valence-corrected chi connectivity index (χ3v) is 4.11. The smallest absolute Gasteiger partial charge is 0.222 e. The van der Waals surface area contributed by atoms with Crippen LogP contribution in [0.2, 0.25) is 0 Å². The fraction of sp³-hybridized carbons (Fsp3) is 0.429. The Kier molecular flexibility index (Phi) is 4.41. The summed E-state index contributed by atoms with van der Waals surface area (Å²) >= 11 is 4.73. The Morgan fingerprint density at radius 3 is 2.33 bits per heavy atom. The van der Waals surface area contributed by atoms with E-state index in [1.807, 2.05) is 6.92 Å². The van der Waals surface area contributed by atoms with Gasteiger partial charge in [0.25, 0.3) is 0 Å². The van der Waals surface area contributed by atoms with Crippen molar-refractivity contribution >= 4 is 28.8 Å². The lowest BCUT2D eigenvalue weighted by molar-refractivity contribution is -0.122. The summed E-state index contributed by atoms with van der Waals surface area (Å²) in [6.45, 7) is 2.06. The van der Waals surface area contributed by atoms with E-state index in [9.17, 15) is 13.6 Å². The van der Waals surface area contributed by atoms with Crippen LogP contribution in [0.4, 0.5) is 14.5 Å². The largest absolute Gasteiger partial charge is 0.389 e. The lowest BCUT2D eigenvalue weighted by Crippen LogP contribution is -2.46. The molecule has 1 aliphatic rings. The van der Waals surface area contributed by atoms with Gasteiger partial charge in [0.05, 0.1) is 5.92 Å². The van der Waals surface area contributed by atoms with E-state index in [4.69, 9.17) is 23.7 Å². The van der Waals surface area contributed by atoms with Crippen molar-refractivity contribution in [3.05, 3.63) is 29.3 Å². The summed E-state index contributed by atoms with van der Waals surface area (Å²) in [6.07, 6.45) is 1.27. The maximum atomic E-state index is 14.2. The third kappa shape index (κ3) is 3.12. The van der Waals surface area contributed by atoms with Gasteiger partial charge in [-0.3, -0.25) is 4.79 Å². The molecule has 0 saturated carbocycles. The molecule has 2 atom stereocenters. The number of rotatable bonds is 3. The molecule has 0 aromatic heterocycles. The zero-order valence-corrected chi connectivity index (χ0v) is 12.4. The minimum atomic E-state index is -0.741. The number of primary amides is 1. The first-order valence-electron chi connectivity index (χ1n) is 6.66. The zero-order chi connectivity index (χ0) is 15.7. The summed E-state index contributed by atoms with van der Waals surface area (Å²) in [6, 6.07) is 2.14. The fourth-order valence-corrected chi connectivity index (χ4v) is 2.75. The first kappa shape index (κ1) is 15.6. The van der Waals surface area contributed by atoms with Crippen LogP contribution in [0.1, 0.15) is 25.3 Å². The Bertz CT molecular complexity index is 571. The van der Waals surface area contributed by atoms with Crippen LogP contribution in [0.15, 0.2) is 12.1 Å². The Morgan fingerprint density at radius 2 is 1.86 bits per heavy atom. The van der Waals surface area contributed by atoms with Crippen LogP contribution >= 0.6 is 12.2 Å². The topological polar surface area (TPSA) is 72.4 Å². The van der Waals surface area contributed by atoms with Crippen LogP contribution in [0, 0.1) is 17.6 Å². The highest BCUT2D eigenvalue weighted by atomic mass is 32.1. The number of carbonyl (C=O) groups is 1. The van der Waals surface area contributed by atoms with Crippen molar-refractivity contribution < 1.29 is 13.6 Å². The lowest BCUT2D eigenvalue weighted by Gasteiger charge is -2.38. The molecule has 2 unspecified atom stereocenters. The molecule has 4 N–H and O–H groups in total. The quantitative estimate of drug-likeness (QED) is 0.833. The van der Waals surface area contributed by atoms with E-state index in [0.717, 1.165) is 12.1 Å². The van der Waals surface area contributed by atoms with E-state index in [1.165, 1.54) is 0 Å². The van der Waals surface area contributed by atoms with Gasteiger partial charge >= 0.3 is 0 Å². The highest BCUT2D eigenvalue weighted by Crippen LogP contribution is 2.32. The van der Waals surface area contributed by atoms with Crippen molar-refractivity contribution in [1.29, 1.82) is 0 Å². The average Bonchev–Trinajstić information content (AvgIpc) is 2.39. The molecule has 0 radical (unpaired) electrons. The minimum absolute atomic E-state index is 0.0685. The Hall–Kier alpha value is -1.76. The van der Waals surface area contributed by atoms with Gasteiger partial charge in [0, 0.05) is 18.2 Å². The van der Waals surface area contributed by atoms with Crippen molar-refractivity contribution in [3.8, 4) is 0 Å².